The molecule has 4 N–H and O–H groups in total. The molecule has 4 rings (SSSR count). The molecule has 1 aromatic heterocycles. The van der Waals surface area contributed by atoms with Crippen molar-refractivity contribution in [1.29, 1.82) is 0 Å². The summed E-state index contributed by atoms with van der Waals surface area (Å²) in [7, 11) is 0. The molecule has 1 saturated carbocycles. The van der Waals surface area contributed by atoms with Crippen LogP contribution in [0.3, 0.4) is 0 Å². The van der Waals surface area contributed by atoms with Crippen LogP contribution in [0.1, 0.15) is 59.6 Å². The minimum absolute atomic E-state index is 0.144. The molecule has 31 heavy (non-hydrogen) atoms. The van der Waals surface area contributed by atoms with Crippen LogP contribution in [-0.2, 0) is 4.79 Å². The van der Waals surface area contributed by atoms with Crippen molar-refractivity contribution in [3.05, 3.63) is 70.6 Å². The number of carbonyl (C=O) groups is 2. The summed E-state index contributed by atoms with van der Waals surface area (Å²) in [5, 5.41) is 6.71. The molecule has 3 atom stereocenters. The summed E-state index contributed by atoms with van der Waals surface area (Å²) in [6.45, 7) is 2.09. The highest BCUT2D eigenvalue weighted by molar-refractivity contribution is 7.98. The number of thiophene rings is 1. The summed E-state index contributed by atoms with van der Waals surface area (Å²) < 4.78 is 5.01. The van der Waals surface area contributed by atoms with E-state index in [1.165, 1.54) is 27.6 Å². The van der Waals surface area contributed by atoms with E-state index in [0.29, 0.717) is 22.8 Å². The van der Waals surface area contributed by atoms with Crippen molar-refractivity contribution in [2.45, 2.75) is 43.4 Å². The monoisotopic (exact) mass is 453 g/mol. The molecule has 0 saturated heterocycles. The van der Waals surface area contributed by atoms with Gasteiger partial charge >= 0.3 is 0 Å². The molecule has 0 radical (unpaired) electrons. The van der Waals surface area contributed by atoms with Crippen LogP contribution in [0.15, 0.2) is 53.9 Å². The molecule has 1 heterocycles. The van der Waals surface area contributed by atoms with Crippen molar-refractivity contribution in [1.82, 2.24) is 10.0 Å². The number of rotatable bonds is 8. The molecule has 1 aliphatic carbocycles. The molecule has 1 fully saturated rings. The zero-order chi connectivity index (χ0) is 21.8. The third-order valence-electron chi connectivity index (χ3n) is 5.84. The lowest BCUT2D eigenvalue weighted by molar-refractivity contribution is -0.117. The molecule has 162 valence electrons. The van der Waals surface area contributed by atoms with Gasteiger partial charge in [0.15, 0.2) is 0 Å². The molecule has 1 aliphatic rings. The van der Waals surface area contributed by atoms with Gasteiger partial charge in [-0.2, -0.15) is 0 Å². The second-order valence-corrected chi connectivity index (χ2v) is 10.1. The molecular formula is C24H27N3O2S2. The predicted octanol–water partition coefficient (Wildman–Crippen LogP) is 4.75. The van der Waals surface area contributed by atoms with E-state index < -0.39 is 5.91 Å². The van der Waals surface area contributed by atoms with E-state index in [-0.39, 0.29) is 12.5 Å². The van der Waals surface area contributed by atoms with Crippen molar-refractivity contribution in [2.75, 3.05) is 6.54 Å². The minimum Gasteiger partial charge on any atom is -0.368 e. The second-order valence-electron chi connectivity index (χ2n) is 8.05. The Balaban J connectivity index is 1.29. The number of nitrogens with two attached hydrogens (primary N) is 1. The molecule has 0 bridgehead atoms. The number of primary amides is 1. The Morgan fingerprint density at radius 2 is 1.94 bits per heavy atom. The molecule has 1 unspecified atom stereocenters. The number of fused-ring (bicyclic) bond motifs is 1. The van der Waals surface area contributed by atoms with E-state index in [0.717, 1.165) is 12.8 Å². The number of nitrogens with one attached hydrogen (secondary N) is 2. The van der Waals surface area contributed by atoms with Crippen molar-refractivity contribution in [2.24, 2.45) is 5.73 Å². The summed E-state index contributed by atoms with van der Waals surface area (Å²) in [6, 6.07) is 16.6. The van der Waals surface area contributed by atoms with E-state index in [4.69, 9.17) is 5.73 Å². The fourth-order valence-electron chi connectivity index (χ4n) is 4.12. The number of carbonyl (C=O) groups excluding carboxylic acids is 2. The van der Waals surface area contributed by atoms with Crippen LogP contribution >= 0.6 is 23.3 Å². The Morgan fingerprint density at radius 1 is 1.16 bits per heavy atom. The minimum atomic E-state index is -0.547. The molecule has 3 aromatic rings. The van der Waals surface area contributed by atoms with Crippen molar-refractivity contribution in [3.8, 4) is 0 Å². The van der Waals surface area contributed by atoms with Gasteiger partial charge < -0.3 is 11.1 Å². The lowest BCUT2D eigenvalue weighted by Gasteiger charge is -2.17. The van der Waals surface area contributed by atoms with E-state index in [1.807, 2.05) is 36.2 Å². The van der Waals surface area contributed by atoms with Crippen LogP contribution in [0.2, 0.25) is 0 Å². The van der Waals surface area contributed by atoms with Crippen molar-refractivity contribution in [3.63, 3.8) is 0 Å². The largest absolute Gasteiger partial charge is 0.368 e. The first-order chi connectivity index (χ1) is 15.0. The molecule has 5 nitrogen and oxygen atoms in total. The van der Waals surface area contributed by atoms with Crippen molar-refractivity contribution >= 4 is 45.2 Å². The maximum atomic E-state index is 12.0. The highest BCUT2D eigenvalue weighted by Crippen LogP contribution is 2.40. The third kappa shape index (κ3) is 5.29. The highest BCUT2D eigenvalue weighted by atomic mass is 32.2. The fraction of sp³-hybridized carbons (Fsp3) is 0.333. The topological polar surface area (TPSA) is 84.2 Å². The number of benzene rings is 2. The average molecular weight is 454 g/mol. The Hall–Kier alpha value is -2.35. The first-order valence-corrected chi connectivity index (χ1v) is 12.3. The van der Waals surface area contributed by atoms with Crippen LogP contribution in [0.25, 0.3) is 10.1 Å². The molecular weight excluding hydrogens is 426 g/mol. The highest BCUT2D eigenvalue weighted by Gasteiger charge is 2.27. The van der Waals surface area contributed by atoms with Gasteiger partial charge in [-0.1, -0.05) is 42.3 Å². The quantitative estimate of drug-likeness (QED) is 0.430. The normalized spacial score (nSPS) is 19.4. The average Bonchev–Trinajstić information content (AvgIpc) is 3.43. The van der Waals surface area contributed by atoms with Crippen LogP contribution in [0.4, 0.5) is 0 Å². The number of hydrogen-bond acceptors (Lipinski definition) is 5. The summed E-state index contributed by atoms with van der Waals surface area (Å²) in [4.78, 5) is 22.8. The first-order valence-electron chi connectivity index (χ1n) is 10.5. The lowest BCUT2D eigenvalue weighted by Crippen LogP contribution is -2.33. The number of amides is 2. The standard InChI is InChI=1S/C24H27N3O2S2/c1-15(21-14-30-22-5-3-2-4-20(21)22)27-31-19-11-10-18(12-19)16-6-8-17(9-7-16)24(29)26-13-23(25)28/h2-9,14-15,18-19,27H,10-13H2,1H3,(H2,25,28)(H,26,29)/t15-,18+,19?/m1/s1. The Kier molecular flexibility index (Phi) is 6.95. The summed E-state index contributed by atoms with van der Waals surface area (Å²) >= 11 is 3.67. The van der Waals surface area contributed by atoms with Gasteiger partial charge in [0.25, 0.3) is 5.91 Å². The Bertz CT molecular complexity index is 1060. The van der Waals surface area contributed by atoms with Crippen LogP contribution in [0.5, 0.6) is 0 Å². The smallest absolute Gasteiger partial charge is 0.251 e. The van der Waals surface area contributed by atoms with Crippen molar-refractivity contribution < 1.29 is 9.59 Å². The Labute approximate surface area is 190 Å². The van der Waals surface area contributed by atoms with Gasteiger partial charge in [-0.05, 0) is 72.2 Å². The van der Waals surface area contributed by atoms with Gasteiger partial charge in [0.2, 0.25) is 5.91 Å². The van der Waals surface area contributed by atoms with Crippen LogP contribution in [-0.4, -0.2) is 23.6 Å². The van der Waals surface area contributed by atoms with Gasteiger partial charge in [-0.3, -0.25) is 14.3 Å². The zero-order valence-electron chi connectivity index (χ0n) is 17.5. The second kappa shape index (κ2) is 9.85. The molecule has 0 aliphatic heterocycles. The van der Waals surface area contributed by atoms with E-state index in [2.05, 4.69) is 46.6 Å². The molecule has 2 amide bonds. The lowest BCUT2D eigenvalue weighted by atomic mass is 9.96. The van der Waals surface area contributed by atoms with Gasteiger partial charge in [0, 0.05) is 21.6 Å². The summed E-state index contributed by atoms with van der Waals surface area (Å²) in [5.41, 5.74) is 8.26. The van der Waals surface area contributed by atoms with Crippen LogP contribution < -0.4 is 15.8 Å². The molecule has 2 aromatic carbocycles. The van der Waals surface area contributed by atoms with Gasteiger partial charge in [0.1, 0.15) is 0 Å². The SMILES string of the molecule is C[C@@H](NSC1CC[C@H](c2ccc(C(=O)NCC(N)=O)cc2)C1)c1csc2ccccc12. The van der Waals surface area contributed by atoms with E-state index in [1.54, 1.807) is 11.3 Å². The van der Waals surface area contributed by atoms with Crippen LogP contribution in [0, 0.1) is 0 Å². The molecule has 0 spiro atoms. The van der Waals surface area contributed by atoms with Gasteiger partial charge in [-0.25, -0.2) is 0 Å². The van der Waals surface area contributed by atoms with Gasteiger partial charge in [-0.15, -0.1) is 11.3 Å². The maximum absolute atomic E-state index is 12.0. The summed E-state index contributed by atoms with van der Waals surface area (Å²) in [6.07, 6.45) is 3.46. The van der Waals surface area contributed by atoms with E-state index >= 15 is 0 Å². The number of hydrogen-bond donors (Lipinski definition) is 3. The third-order valence-corrected chi connectivity index (χ3v) is 8.07. The maximum Gasteiger partial charge on any atom is 0.251 e. The predicted molar refractivity (Wildman–Crippen MR) is 129 cm³/mol. The fourth-order valence-corrected chi connectivity index (χ4v) is 6.28. The van der Waals surface area contributed by atoms with E-state index in [9.17, 15) is 9.59 Å². The molecule has 7 heteroatoms. The summed E-state index contributed by atoms with van der Waals surface area (Å²) in [5.74, 6) is -0.307. The van der Waals surface area contributed by atoms with Gasteiger partial charge in [0.05, 0.1) is 6.54 Å². The zero-order valence-corrected chi connectivity index (χ0v) is 19.1. The Morgan fingerprint density at radius 3 is 2.71 bits per heavy atom. The first kappa shape index (κ1) is 21.9.